The molecule has 4 nitrogen and oxygen atoms in total. The van der Waals surface area contributed by atoms with Crippen LogP contribution in [0.3, 0.4) is 0 Å². The number of ether oxygens (including phenoxy) is 2. The summed E-state index contributed by atoms with van der Waals surface area (Å²) in [6.45, 7) is 5.10. The smallest absolute Gasteiger partial charge is 0.389 e. The molecule has 2 unspecified atom stereocenters. The molecule has 0 heterocycles. The second-order valence-corrected chi connectivity index (χ2v) is 4.88. The second-order valence-electron chi connectivity index (χ2n) is 4.88. The number of halogens is 3. The van der Waals surface area contributed by atoms with Crippen molar-refractivity contribution >= 4 is 11.9 Å². The average molecular weight is 377 g/mol. The van der Waals surface area contributed by atoms with Crippen LogP contribution < -0.4 is 0 Å². The molecule has 0 rings (SSSR count). The Morgan fingerprint density at radius 2 is 1.48 bits per heavy atom. The number of esters is 2. The topological polar surface area (TPSA) is 52.6 Å². The lowest BCUT2D eigenvalue weighted by Gasteiger charge is -2.17. The van der Waals surface area contributed by atoms with Gasteiger partial charge in [-0.3, -0.25) is 9.59 Å². The van der Waals surface area contributed by atoms with Crippen molar-refractivity contribution in [2.75, 3.05) is 13.2 Å². The van der Waals surface area contributed by atoms with E-state index in [-0.39, 0.29) is 61.7 Å². The van der Waals surface area contributed by atoms with Gasteiger partial charge in [-0.2, -0.15) is 13.2 Å². The first-order chi connectivity index (χ1) is 9.71. The summed E-state index contributed by atoms with van der Waals surface area (Å²) in [6, 6.07) is 0. The number of rotatable bonds is 9. The Bertz CT molecular complexity index is 331. The molecular weight excluding hydrogens is 337 g/mol. The summed E-state index contributed by atoms with van der Waals surface area (Å²) in [5.74, 6) is -1.90. The van der Waals surface area contributed by atoms with Crippen molar-refractivity contribution in [3.63, 3.8) is 0 Å². The number of hydrogen-bond donors (Lipinski definition) is 0. The molecule has 156 valence electrons. The van der Waals surface area contributed by atoms with Crippen LogP contribution in [-0.4, -0.2) is 31.3 Å². The normalized spacial score (nSPS) is 12.1. The van der Waals surface area contributed by atoms with Crippen molar-refractivity contribution in [2.24, 2.45) is 11.8 Å². The Morgan fingerprint density at radius 3 is 1.88 bits per heavy atom. The van der Waals surface area contributed by atoms with Crippen LogP contribution in [0.4, 0.5) is 13.2 Å². The third kappa shape index (κ3) is 17.3. The fourth-order valence-corrected chi connectivity index (χ4v) is 1.80. The van der Waals surface area contributed by atoms with E-state index in [2.05, 4.69) is 0 Å². The summed E-state index contributed by atoms with van der Waals surface area (Å²) < 4.78 is 45.5. The van der Waals surface area contributed by atoms with Gasteiger partial charge in [0.05, 0.1) is 25.0 Å². The van der Waals surface area contributed by atoms with Crippen LogP contribution in [-0.2, 0) is 19.1 Å². The van der Waals surface area contributed by atoms with Gasteiger partial charge in [-0.25, -0.2) is 0 Å². The lowest BCUT2D eigenvalue weighted by Crippen LogP contribution is -2.24. The number of hydrogen-bond acceptors (Lipinski definition) is 4. The molecule has 25 heavy (non-hydrogen) atoms. The van der Waals surface area contributed by atoms with E-state index in [9.17, 15) is 22.8 Å². The summed E-state index contributed by atoms with van der Waals surface area (Å²) >= 11 is 0. The van der Waals surface area contributed by atoms with Crippen molar-refractivity contribution in [1.29, 1.82) is 0 Å². The van der Waals surface area contributed by atoms with Gasteiger partial charge in [-0.05, 0) is 26.2 Å². The molecule has 0 spiro atoms. The van der Waals surface area contributed by atoms with Crippen molar-refractivity contribution in [1.82, 2.24) is 0 Å². The molecule has 0 saturated heterocycles. The van der Waals surface area contributed by atoms with Crippen LogP contribution in [0.2, 0.25) is 0 Å². The zero-order valence-electron chi connectivity index (χ0n) is 12.7. The molecule has 7 heteroatoms. The van der Waals surface area contributed by atoms with E-state index in [4.69, 9.17) is 9.47 Å². The molecule has 0 radical (unpaired) electrons. The van der Waals surface area contributed by atoms with Gasteiger partial charge in [0, 0.05) is 6.42 Å². The molecule has 0 amide bonds. The van der Waals surface area contributed by atoms with E-state index in [0.29, 0.717) is 6.42 Å². The van der Waals surface area contributed by atoms with Crippen LogP contribution >= 0.6 is 0 Å². The van der Waals surface area contributed by atoms with Gasteiger partial charge in [-0.15, -0.1) is 0 Å². The first kappa shape index (κ1) is 34.9. The summed E-state index contributed by atoms with van der Waals surface area (Å²) in [5, 5.41) is 0. The third-order valence-corrected chi connectivity index (χ3v) is 3.00. The quantitative estimate of drug-likeness (QED) is 0.364. The van der Waals surface area contributed by atoms with Crippen LogP contribution in [0, 0.1) is 11.8 Å². The van der Waals surface area contributed by atoms with E-state index < -0.39 is 30.4 Å². The Balaban J connectivity index is -0.000000333. The highest BCUT2D eigenvalue weighted by atomic mass is 19.4. The number of carbonyl (C=O) groups is 2. The molecular formula is C18H39F3O4. The molecule has 0 N–H and O–H groups in total. The lowest BCUT2D eigenvalue weighted by atomic mass is 9.94. The summed E-state index contributed by atoms with van der Waals surface area (Å²) in [6.07, 6.45) is -4.67. The van der Waals surface area contributed by atoms with Gasteiger partial charge in [0.1, 0.15) is 0 Å². The molecule has 0 fully saturated rings. The zero-order valence-corrected chi connectivity index (χ0v) is 12.7. The molecule has 0 aromatic rings. The molecule has 0 aliphatic heterocycles. The summed E-state index contributed by atoms with van der Waals surface area (Å²) in [5.41, 5.74) is 0. The lowest BCUT2D eigenvalue weighted by molar-refractivity contribution is -0.155. The van der Waals surface area contributed by atoms with Crippen LogP contribution in [0.15, 0.2) is 0 Å². The largest absolute Gasteiger partial charge is 0.466 e. The Morgan fingerprint density at radius 1 is 0.960 bits per heavy atom. The molecule has 0 bridgehead atoms. The standard InChI is InChI=1S/C14H23F3O4.4CH4/c1-4-11(13(19)20-5-2)9-10(3)12(18)21-8-6-7-14(15,16)17;;;;/h10-11H,4-9H2,1-3H3;4*1H4. The maximum atomic E-state index is 11.9. The van der Waals surface area contributed by atoms with Gasteiger partial charge in [0.2, 0.25) is 0 Å². The molecule has 0 aliphatic carbocycles. The predicted octanol–water partition coefficient (Wildman–Crippen LogP) is 6.03. The van der Waals surface area contributed by atoms with Gasteiger partial charge < -0.3 is 9.47 Å². The minimum atomic E-state index is -4.24. The van der Waals surface area contributed by atoms with Crippen LogP contribution in [0.5, 0.6) is 0 Å². The van der Waals surface area contributed by atoms with E-state index >= 15 is 0 Å². The van der Waals surface area contributed by atoms with Crippen molar-refractivity contribution in [2.45, 2.75) is 82.3 Å². The van der Waals surface area contributed by atoms with Gasteiger partial charge in [-0.1, -0.05) is 43.6 Å². The molecule has 0 saturated carbocycles. The molecule has 0 aromatic carbocycles. The Labute approximate surface area is 152 Å². The Kier molecular flexibility index (Phi) is 24.5. The first-order valence-corrected chi connectivity index (χ1v) is 7.11. The van der Waals surface area contributed by atoms with E-state index in [1.54, 1.807) is 13.8 Å². The summed E-state index contributed by atoms with van der Waals surface area (Å²) in [7, 11) is 0. The number of carbonyl (C=O) groups excluding carboxylic acids is 2. The van der Waals surface area contributed by atoms with Crippen molar-refractivity contribution in [3.05, 3.63) is 0 Å². The predicted molar refractivity (Wildman–Crippen MR) is 97.4 cm³/mol. The third-order valence-electron chi connectivity index (χ3n) is 3.00. The highest BCUT2D eigenvalue weighted by Gasteiger charge is 2.27. The monoisotopic (exact) mass is 376 g/mol. The Hall–Kier alpha value is -1.27. The van der Waals surface area contributed by atoms with Crippen molar-refractivity contribution in [3.8, 4) is 0 Å². The zero-order chi connectivity index (χ0) is 16.5. The molecule has 0 aromatic heterocycles. The first-order valence-electron chi connectivity index (χ1n) is 7.11. The maximum absolute atomic E-state index is 11.9. The highest BCUT2D eigenvalue weighted by molar-refractivity contribution is 5.75. The summed E-state index contributed by atoms with van der Waals surface area (Å²) in [4.78, 5) is 23.2. The number of alkyl halides is 3. The van der Waals surface area contributed by atoms with Gasteiger partial charge in [0.25, 0.3) is 0 Å². The maximum Gasteiger partial charge on any atom is 0.389 e. The average Bonchev–Trinajstić information content (AvgIpc) is 2.39. The SMILES string of the molecule is C.C.C.C.CCOC(=O)C(CC)CC(C)C(=O)OCCCC(F)(F)F. The van der Waals surface area contributed by atoms with E-state index in [1.807, 2.05) is 6.92 Å². The minimum absolute atomic E-state index is 0. The van der Waals surface area contributed by atoms with Gasteiger partial charge in [0.15, 0.2) is 0 Å². The second kappa shape index (κ2) is 17.5. The van der Waals surface area contributed by atoms with Crippen LogP contribution in [0.1, 0.15) is 76.2 Å². The fourth-order valence-electron chi connectivity index (χ4n) is 1.80. The highest BCUT2D eigenvalue weighted by Crippen LogP contribution is 2.22. The molecule has 2 atom stereocenters. The minimum Gasteiger partial charge on any atom is -0.466 e. The fraction of sp³-hybridized carbons (Fsp3) is 0.889. The van der Waals surface area contributed by atoms with Crippen LogP contribution in [0.25, 0.3) is 0 Å². The van der Waals surface area contributed by atoms with Gasteiger partial charge >= 0.3 is 18.1 Å². The van der Waals surface area contributed by atoms with E-state index in [1.165, 1.54) is 0 Å². The molecule has 0 aliphatic rings. The van der Waals surface area contributed by atoms with E-state index in [0.717, 1.165) is 0 Å². The van der Waals surface area contributed by atoms with Crippen molar-refractivity contribution < 1.29 is 32.2 Å².